The number of fused-ring (bicyclic) bond motifs is 1. The number of aliphatic hydroxyl groups is 3. The smallest absolute Gasteiger partial charge is 0.248 e. The van der Waals surface area contributed by atoms with Crippen LogP contribution in [0.15, 0.2) is 18.5 Å². The number of halogens is 1. The summed E-state index contributed by atoms with van der Waals surface area (Å²) in [7, 11) is 0. The molecule has 0 unspecified atom stereocenters. The largest absolute Gasteiger partial charge is 0.394 e. The Morgan fingerprint density at radius 1 is 1.52 bits per heavy atom. The first-order valence-electron chi connectivity index (χ1n) is 6.29. The molecule has 3 rings (SSSR count). The first kappa shape index (κ1) is 14.1. The van der Waals surface area contributed by atoms with Gasteiger partial charge < -0.3 is 25.8 Å². The minimum absolute atomic E-state index is 0.0494. The van der Waals surface area contributed by atoms with Crippen LogP contribution in [0.5, 0.6) is 0 Å². The third-order valence-corrected chi connectivity index (χ3v) is 3.90. The Bertz CT molecular complexity index is 691. The lowest BCUT2D eigenvalue weighted by Gasteiger charge is -2.31. The van der Waals surface area contributed by atoms with Crippen LogP contribution in [0.1, 0.15) is 12.6 Å². The highest BCUT2D eigenvalue weighted by molar-refractivity contribution is 5.65. The summed E-state index contributed by atoms with van der Waals surface area (Å²) in [5.41, 5.74) is 3.45. The molecule has 1 aliphatic rings. The number of nitrogen functional groups attached to an aromatic ring is 1. The minimum atomic E-state index is -2.55. The van der Waals surface area contributed by atoms with Crippen molar-refractivity contribution in [3.05, 3.63) is 24.2 Å². The van der Waals surface area contributed by atoms with E-state index in [2.05, 4.69) is 10.1 Å². The molecule has 0 spiro atoms. The van der Waals surface area contributed by atoms with E-state index in [-0.39, 0.29) is 11.5 Å². The van der Waals surface area contributed by atoms with Crippen LogP contribution in [0.3, 0.4) is 0 Å². The van der Waals surface area contributed by atoms with Gasteiger partial charge in [0.2, 0.25) is 5.79 Å². The molecule has 0 aromatic carbocycles. The van der Waals surface area contributed by atoms with Crippen molar-refractivity contribution in [2.45, 2.75) is 30.6 Å². The van der Waals surface area contributed by atoms with E-state index in [1.807, 2.05) is 0 Å². The molecular formula is C12H15FN4O4. The zero-order valence-corrected chi connectivity index (χ0v) is 11.1. The minimum Gasteiger partial charge on any atom is -0.394 e. The Balaban J connectivity index is 2.19. The first-order valence-corrected chi connectivity index (χ1v) is 6.29. The second kappa shape index (κ2) is 4.34. The van der Waals surface area contributed by atoms with Gasteiger partial charge in [-0.1, -0.05) is 0 Å². The van der Waals surface area contributed by atoms with Gasteiger partial charge in [-0.25, -0.2) is 13.9 Å². The van der Waals surface area contributed by atoms with Gasteiger partial charge in [0.05, 0.1) is 6.61 Å². The lowest BCUT2D eigenvalue weighted by molar-refractivity contribution is -0.256. The molecule has 114 valence electrons. The van der Waals surface area contributed by atoms with Gasteiger partial charge in [-0.05, 0) is 19.1 Å². The summed E-state index contributed by atoms with van der Waals surface area (Å²) in [6, 6.07) is 2.88. The molecule has 9 heteroatoms. The number of aliphatic hydroxyl groups excluding tert-OH is 2. The van der Waals surface area contributed by atoms with Crippen molar-refractivity contribution in [1.29, 1.82) is 0 Å². The summed E-state index contributed by atoms with van der Waals surface area (Å²) < 4.78 is 21.2. The molecule has 8 nitrogen and oxygen atoms in total. The maximum atomic E-state index is 14.9. The monoisotopic (exact) mass is 298 g/mol. The van der Waals surface area contributed by atoms with Crippen LogP contribution in [-0.4, -0.2) is 54.4 Å². The average Bonchev–Trinajstić information content (AvgIpc) is 2.95. The van der Waals surface area contributed by atoms with Crippen molar-refractivity contribution in [3.63, 3.8) is 0 Å². The Morgan fingerprint density at radius 2 is 2.24 bits per heavy atom. The number of rotatable bonds is 2. The summed E-state index contributed by atoms with van der Waals surface area (Å²) in [5.74, 6) is -2.33. The van der Waals surface area contributed by atoms with Gasteiger partial charge in [-0.3, -0.25) is 0 Å². The van der Waals surface area contributed by atoms with Gasteiger partial charge in [0.15, 0.2) is 11.5 Å². The molecule has 5 N–H and O–H groups in total. The summed E-state index contributed by atoms with van der Waals surface area (Å²) >= 11 is 0. The fourth-order valence-corrected chi connectivity index (χ4v) is 2.61. The maximum absolute atomic E-state index is 14.9. The third-order valence-electron chi connectivity index (χ3n) is 3.90. The quantitative estimate of drug-likeness (QED) is 0.556. The van der Waals surface area contributed by atoms with Gasteiger partial charge >= 0.3 is 0 Å². The van der Waals surface area contributed by atoms with E-state index in [9.17, 15) is 14.6 Å². The lowest BCUT2D eigenvalue weighted by atomic mass is 9.90. The summed E-state index contributed by atoms with van der Waals surface area (Å²) in [6.45, 7) is 0.362. The van der Waals surface area contributed by atoms with E-state index in [1.54, 1.807) is 0 Å². The molecule has 1 aliphatic heterocycles. The Labute approximate surface area is 118 Å². The number of hydrogen-bond donors (Lipinski definition) is 4. The topological polar surface area (TPSA) is 126 Å². The second-order valence-electron chi connectivity index (χ2n) is 5.16. The van der Waals surface area contributed by atoms with Crippen molar-refractivity contribution in [3.8, 4) is 0 Å². The van der Waals surface area contributed by atoms with Crippen molar-refractivity contribution in [2.75, 3.05) is 12.3 Å². The molecule has 2 aromatic heterocycles. The fraction of sp³-hybridized carbons (Fsp3) is 0.500. The maximum Gasteiger partial charge on any atom is 0.248 e. The number of hydrogen-bond acceptors (Lipinski definition) is 7. The molecule has 1 saturated heterocycles. The van der Waals surface area contributed by atoms with E-state index in [0.717, 1.165) is 13.3 Å². The highest BCUT2D eigenvalue weighted by Gasteiger charge is 2.65. The number of aromatic nitrogens is 3. The summed E-state index contributed by atoms with van der Waals surface area (Å²) in [5, 5.41) is 33.6. The summed E-state index contributed by atoms with van der Waals surface area (Å²) in [6.07, 6.45) is -1.80. The summed E-state index contributed by atoms with van der Waals surface area (Å²) in [4.78, 5) is 3.79. The van der Waals surface area contributed by atoms with E-state index >= 15 is 0 Å². The Hall–Kier alpha value is -1.81. The third kappa shape index (κ3) is 1.69. The van der Waals surface area contributed by atoms with Gasteiger partial charge in [0, 0.05) is 0 Å². The molecule has 2 aromatic rings. The molecule has 0 saturated carbocycles. The number of nitrogens with zero attached hydrogens (tertiary/aromatic N) is 3. The van der Waals surface area contributed by atoms with Crippen molar-refractivity contribution >= 4 is 11.3 Å². The van der Waals surface area contributed by atoms with Crippen LogP contribution >= 0.6 is 0 Å². The van der Waals surface area contributed by atoms with Crippen LogP contribution in [0, 0.1) is 0 Å². The predicted molar refractivity (Wildman–Crippen MR) is 68.8 cm³/mol. The normalized spacial score (nSPS) is 36.4. The van der Waals surface area contributed by atoms with E-state index in [0.29, 0.717) is 5.52 Å². The standard InChI is InChI=1S/C12H15FN4O4/c1-11(13)9(19)7(4-18)21-12(11,20)8-3-2-6-10(14)15-5-16-17(6)8/h2-3,5,7,9,18-20H,4H2,1H3,(H2,14,15,16)/t7-,9-,11-,12-/m1/s1. The van der Waals surface area contributed by atoms with E-state index in [1.165, 1.54) is 16.6 Å². The van der Waals surface area contributed by atoms with E-state index in [4.69, 9.17) is 15.6 Å². The number of alkyl halides is 1. The highest BCUT2D eigenvalue weighted by Crippen LogP contribution is 2.47. The zero-order valence-electron chi connectivity index (χ0n) is 11.1. The molecule has 0 amide bonds. The molecule has 3 heterocycles. The SMILES string of the molecule is C[C@@]1(F)[C@H](O)[C@@H](CO)O[C@]1(O)c1ccc2c(N)ncnn12. The van der Waals surface area contributed by atoms with Crippen LogP contribution in [0.2, 0.25) is 0 Å². The average molecular weight is 298 g/mol. The van der Waals surface area contributed by atoms with Crippen molar-refractivity contribution < 1.29 is 24.4 Å². The van der Waals surface area contributed by atoms with Crippen LogP contribution in [-0.2, 0) is 10.5 Å². The van der Waals surface area contributed by atoms with Crippen LogP contribution in [0.25, 0.3) is 5.52 Å². The Morgan fingerprint density at radius 3 is 2.86 bits per heavy atom. The van der Waals surface area contributed by atoms with Crippen LogP contribution < -0.4 is 5.73 Å². The van der Waals surface area contributed by atoms with Gasteiger partial charge in [-0.15, -0.1) is 0 Å². The number of nitrogens with two attached hydrogens (primary N) is 1. The van der Waals surface area contributed by atoms with Crippen molar-refractivity contribution in [1.82, 2.24) is 14.6 Å². The first-order chi connectivity index (χ1) is 9.83. The fourth-order valence-electron chi connectivity index (χ4n) is 2.61. The lowest BCUT2D eigenvalue weighted by Crippen LogP contribution is -2.49. The zero-order chi connectivity index (χ0) is 15.4. The molecule has 0 bridgehead atoms. The highest BCUT2D eigenvalue weighted by atomic mass is 19.1. The second-order valence-corrected chi connectivity index (χ2v) is 5.16. The van der Waals surface area contributed by atoms with Crippen molar-refractivity contribution in [2.24, 2.45) is 0 Å². The van der Waals surface area contributed by atoms with Gasteiger partial charge in [0.25, 0.3) is 0 Å². The van der Waals surface area contributed by atoms with Gasteiger partial charge in [-0.2, -0.15) is 5.10 Å². The molecule has 1 fully saturated rings. The number of ether oxygens (including phenoxy) is 1. The molecular weight excluding hydrogens is 283 g/mol. The molecule has 0 aliphatic carbocycles. The molecule has 21 heavy (non-hydrogen) atoms. The number of anilines is 1. The predicted octanol–water partition coefficient (Wildman–Crippen LogP) is -1.06. The Kier molecular flexibility index (Phi) is 2.92. The van der Waals surface area contributed by atoms with E-state index < -0.39 is 30.3 Å². The van der Waals surface area contributed by atoms with Gasteiger partial charge in [0.1, 0.15) is 29.7 Å². The molecule has 4 atom stereocenters. The molecule has 0 radical (unpaired) electrons. The van der Waals surface area contributed by atoms with Crippen LogP contribution in [0.4, 0.5) is 10.2 Å².